The summed E-state index contributed by atoms with van der Waals surface area (Å²) in [5, 5.41) is 16.1. The van der Waals surface area contributed by atoms with Crippen molar-refractivity contribution in [3.8, 4) is 11.5 Å². The van der Waals surface area contributed by atoms with E-state index in [0.29, 0.717) is 61.3 Å². The number of ether oxygens (including phenoxy) is 3. The van der Waals surface area contributed by atoms with Crippen LogP contribution in [0.3, 0.4) is 0 Å². The molecule has 1 fully saturated rings. The maximum atomic E-state index is 15.2. The average Bonchev–Trinajstić information content (AvgIpc) is 3.72. The first-order valence-electron chi connectivity index (χ1n) is 20.3. The van der Waals surface area contributed by atoms with E-state index in [1.807, 2.05) is 6.07 Å². The van der Waals surface area contributed by atoms with Gasteiger partial charge in [-0.05, 0) is 96.3 Å². The summed E-state index contributed by atoms with van der Waals surface area (Å²) in [6, 6.07) is 16.7. The molecule has 0 bridgehead atoms. The van der Waals surface area contributed by atoms with Gasteiger partial charge in [0.2, 0.25) is 0 Å². The van der Waals surface area contributed by atoms with Crippen molar-refractivity contribution >= 4 is 61.1 Å². The number of halogens is 2. The predicted molar refractivity (Wildman–Crippen MR) is 234 cm³/mol. The molecule has 5 aromatic rings. The molecule has 1 amide bonds. The van der Waals surface area contributed by atoms with E-state index in [2.05, 4.69) is 44.8 Å². The second-order valence-electron chi connectivity index (χ2n) is 16.5. The minimum atomic E-state index is -4.60. The van der Waals surface area contributed by atoms with E-state index in [1.54, 1.807) is 36.5 Å². The molecule has 4 heterocycles. The number of nitro benzene ring substituents is 1. The summed E-state index contributed by atoms with van der Waals surface area (Å²) < 4.78 is 61.8. The Balaban J connectivity index is 1.03. The summed E-state index contributed by atoms with van der Waals surface area (Å²) in [4.78, 5) is 34.5. The number of nitrogens with zero attached hydrogens (tertiary/aromatic N) is 3. The van der Waals surface area contributed by atoms with E-state index in [4.69, 9.17) is 25.8 Å². The van der Waals surface area contributed by atoms with Crippen molar-refractivity contribution in [3.05, 3.63) is 128 Å². The van der Waals surface area contributed by atoms with Crippen LogP contribution in [0.1, 0.15) is 61.0 Å². The quantitative estimate of drug-likeness (QED) is 0.0761. The molecule has 0 saturated carbocycles. The van der Waals surface area contributed by atoms with Gasteiger partial charge < -0.3 is 24.5 Å². The standard InChI is InChI=1S/C45H46ClFN6O8S/c1-45(2)13-9-31(38(23-45)36-7-4-32(46)21-39(36)47)26-52-15-11-28(12-16-52)29-3-6-37(42(20-29)61-33-19-30-10-14-48-43(30)50-24-33)44(54)51-62(57,58)35-5-8-40(41(22-35)53(55)56)49-25-34-27-59-17-18-60-34/h3-8,10-11,14,19-22,24,34,49H,9,12-13,15-18,23,25-27H2,1-2H3,(H,48,50)(H,51,54). The van der Waals surface area contributed by atoms with Gasteiger partial charge in [-0.25, -0.2) is 22.5 Å². The summed E-state index contributed by atoms with van der Waals surface area (Å²) in [5.41, 5.74) is 4.84. The summed E-state index contributed by atoms with van der Waals surface area (Å²) in [6.45, 7) is 7.85. The van der Waals surface area contributed by atoms with Gasteiger partial charge in [-0.2, -0.15) is 0 Å². The first-order chi connectivity index (χ1) is 29.7. The van der Waals surface area contributed by atoms with Gasteiger partial charge in [0, 0.05) is 54.4 Å². The molecule has 1 saturated heterocycles. The molecular weight excluding hydrogens is 839 g/mol. The Morgan fingerprint density at radius 3 is 2.73 bits per heavy atom. The van der Waals surface area contributed by atoms with E-state index in [-0.39, 0.29) is 40.9 Å². The molecule has 324 valence electrons. The molecule has 1 aliphatic carbocycles. The topological polar surface area (TPSA) is 178 Å². The largest absolute Gasteiger partial charge is 0.455 e. The summed E-state index contributed by atoms with van der Waals surface area (Å²) >= 11 is 6.10. The highest BCUT2D eigenvalue weighted by molar-refractivity contribution is 7.90. The molecule has 14 nitrogen and oxygen atoms in total. The number of hydrogen-bond donors (Lipinski definition) is 3. The van der Waals surface area contributed by atoms with Crippen LogP contribution in [-0.2, 0) is 19.5 Å². The highest BCUT2D eigenvalue weighted by Crippen LogP contribution is 2.44. The van der Waals surface area contributed by atoms with E-state index < -0.39 is 31.4 Å². The van der Waals surface area contributed by atoms with Crippen molar-refractivity contribution in [2.75, 3.05) is 51.3 Å². The van der Waals surface area contributed by atoms with Crippen LogP contribution in [0.15, 0.2) is 95.7 Å². The lowest BCUT2D eigenvalue weighted by atomic mass is 9.72. The molecule has 0 spiro atoms. The van der Waals surface area contributed by atoms with Gasteiger partial charge in [-0.1, -0.05) is 49.2 Å². The van der Waals surface area contributed by atoms with Crippen LogP contribution in [0.4, 0.5) is 15.8 Å². The maximum absolute atomic E-state index is 15.2. The lowest BCUT2D eigenvalue weighted by Crippen LogP contribution is -2.34. The fourth-order valence-corrected chi connectivity index (χ4v) is 9.25. The third kappa shape index (κ3) is 9.85. The zero-order valence-corrected chi connectivity index (χ0v) is 35.8. The second kappa shape index (κ2) is 18.0. The zero-order chi connectivity index (χ0) is 43.6. The van der Waals surface area contributed by atoms with Gasteiger partial charge in [0.05, 0.1) is 47.5 Å². The number of carbonyl (C=O) groups is 1. The van der Waals surface area contributed by atoms with Crippen LogP contribution in [-0.4, -0.2) is 86.2 Å². The number of nitro groups is 1. The third-order valence-electron chi connectivity index (χ3n) is 11.5. The van der Waals surface area contributed by atoms with E-state index in [0.717, 1.165) is 54.0 Å². The van der Waals surface area contributed by atoms with Gasteiger partial charge in [0.1, 0.15) is 28.7 Å². The maximum Gasteiger partial charge on any atom is 0.293 e. The number of benzene rings is 3. The van der Waals surface area contributed by atoms with Gasteiger partial charge in [0.15, 0.2) is 0 Å². The SMILES string of the molecule is CC1(C)CCC(CN2CC=C(c3ccc(C(=O)NS(=O)(=O)c4ccc(NCC5COCCO5)c([N+](=O)[O-])c4)c(Oc4cnc5[nH]ccc5c4)c3)CC2)=C(c2ccc(Cl)cc2F)C1. The number of sulfonamides is 1. The number of rotatable bonds is 13. The van der Waals surface area contributed by atoms with Gasteiger partial charge in [0.25, 0.3) is 21.6 Å². The average molecular weight is 885 g/mol. The number of aromatic nitrogens is 2. The molecule has 8 rings (SSSR count). The number of amides is 1. The normalized spacial score (nSPS) is 18.3. The Bertz CT molecular complexity index is 2710. The highest BCUT2D eigenvalue weighted by Gasteiger charge is 2.31. The van der Waals surface area contributed by atoms with E-state index in [9.17, 15) is 23.3 Å². The Morgan fingerprint density at radius 1 is 1.11 bits per heavy atom. The number of aromatic amines is 1. The van der Waals surface area contributed by atoms with Crippen LogP contribution >= 0.6 is 11.6 Å². The number of allylic oxidation sites excluding steroid dienone is 1. The Morgan fingerprint density at radius 2 is 1.97 bits per heavy atom. The zero-order valence-electron chi connectivity index (χ0n) is 34.2. The molecule has 2 aliphatic heterocycles. The third-order valence-corrected chi connectivity index (χ3v) is 13.0. The molecule has 3 aromatic carbocycles. The minimum absolute atomic E-state index is 0.0428. The van der Waals surface area contributed by atoms with Crippen molar-refractivity contribution < 1.29 is 36.7 Å². The Kier molecular flexibility index (Phi) is 12.5. The first-order valence-corrected chi connectivity index (χ1v) is 22.2. The monoisotopic (exact) mass is 884 g/mol. The summed E-state index contributed by atoms with van der Waals surface area (Å²) in [7, 11) is -4.60. The predicted octanol–water partition coefficient (Wildman–Crippen LogP) is 8.75. The lowest BCUT2D eigenvalue weighted by Gasteiger charge is -2.36. The molecule has 1 unspecified atom stereocenters. The van der Waals surface area contributed by atoms with Crippen molar-refractivity contribution in [2.24, 2.45) is 5.41 Å². The minimum Gasteiger partial charge on any atom is -0.455 e. The summed E-state index contributed by atoms with van der Waals surface area (Å²) in [5.74, 6) is -0.916. The van der Waals surface area contributed by atoms with E-state index in [1.165, 1.54) is 36.0 Å². The van der Waals surface area contributed by atoms with Crippen LogP contribution in [0.25, 0.3) is 22.2 Å². The van der Waals surface area contributed by atoms with Gasteiger partial charge >= 0.3 is 0 Å². The number of hydrogen-bond acceptors (Lipinski definition) is 11. The molecule has 1 atom stereocenters. The van der Waals surface area contributed by atoms with Crippen LogP contribution in [0, 0.1) is 21.3 Å². The van der Waals surface area contributed by atoms with E-state index >= 15 is 4.39 Å². The van der Waals surface area contributed by atoms with Gasteiger partial charge in [-0.3, -0.25) is 19.8 Å². The number of H-pyrrole nitrogens is 1. The molecule has 3 aliphatic rings. The number of nitrogens with one attached hydrogen (secondary N) is 3. The van der Waals surface area contributed by atoms with Crippen LogP contribution in [0.5, 0.6) is 11.5 Å². The Hall–Kier alpha value is -5.65. The molecule has 0 radical (unpaired) electrons. The van der Waals surface area contributed by atoms with Crippen LogP contribution < -0.4 is 14.8 Å². The van der Waals surface area contributed by atoms with Crippen molar-refractivity contribution in [1.29, 1.82) is 0 Å². The number of anilines is 1. The van der Waals surface area contributed by atoms with Crippen molar-refractivity contribution in [1.82, 2.24) is 19.6 Å². The van der Waals surface area contributed by atoms with Crippen molar-refractivity contribution in [2.45, 2.75) is 50.5 Å². The molecule has 17 heteroatoms. The fourth-order valence-electron chi connectivity index (χ4n) is 8.10. The molecule has 62 heavy (non-hydrogen) atoms. The number of fused-ring (bicyclic) bond motifs is 1. The molecule has 2 aromatic heterocycles. The number of pyridine rings is 1. The summed E-state index contributed by atoms with van der Waals surface area (Å²) in [6.07, 6.45) is 8.33. The molecular formula is C45H46ClFN6O8S. The van der Waals surface area contributed by atoms with Gasteiger partial charge in [-0.15, -0.1) is 0 Å². The lowest BCUT2D eigenvalue weighted by molar-refractivity contribution is -0.384. The van der Waals surface area contributed by atoms with Crippen molar-refractivity contribution in [3.63, 3.8) is 0 Å². The second-order valence-corrected chi connectivity index (χ2v) is 18.6. The van der Waals surface area contributed by atoms with Crippen LogP contribution in [0.2, 0.25) is 5.02 Å². The Labute approximate surface area is 363 Å². The smallest absolute Gasteiger partial charge is 0.293 e. The fraction of sp³-hybridized carbons (Fsp3) is 0.333. The number of carbonyl (C=O) groups excluding carboxylic acids is 1. The highest BCUT2D eigenvalue weighted by atomic mass is 35.5. The molecule has 3 N–H and O–H groups in total. The first kappa shape index (κ1) is 43.0.